The van der Waals surface area contributed by atoms with Gasteiger partial charge in [-0.1, -0.05) is 6.07 Å². The molecule has 2 unspecified atom stereocenters. The Hall–Kier alpha value is -1.66. The molecule has 94 valence electrons. The highest BCUT2D eigenvalue weighted by molar-refractivity contribution is 5.73. The number of hydrogen-bond acceptors (Lipinski definition) is 4. The van der Waals surface area contributed by atoms with Crippen molar-refractivity contribution in [1.82, 2.24) is 0 Å². The molecule has 0 amide bonds. The summed E-state index contributed by atoms with van der Waals surface area (Å²) < 4.78 is 18.1. The number of nitrogens with two attached hydrogens (primary N) is 2. The maximum Gasteiger partial charge on any atom is 0.320 e. The minimum Gasteiger partial charge on any atom is -0.494 e. The van der Waals surface area contributed by atoms with Crippen LogP contribution in [-0.2, 0) is 4.79 Å². The van der Waals surface area contributed by atoms with Gasteiger partial charge in [-0.3, -0.25) is 4.79 Å². The van der Waals surface area contributed by atoms with E-state index in [1.165, 1.54) is 19.2 Å². The van der Waals surface area contributed by atoms with Crippen LogP contribution in [0.3, 0.4) is 0 Å². The molecule has 0 saturated heterocycles. The van der Waals surface area contributed by atoms with Gasteiger partial charge in [0.05, 0.1) is 7.11 Å². The first-order chi connectivity index (χ1) is 7.95. The number of carboxylic acids is 1. The van der Waals surface area contributed by atoms with Gasteiger partial charge in [0.2, 0.25) is 0 Å². The lowest BCUT2D eigenvalue weighted by atomic mass is 10.0. The molecule has 2 atom stereocenters. The molecule has 0 fully saturated rings. The number of methoxy groups -OCH3 is 1. The maximum atomic E-state index is 13.4. The molecule has 6 heteroatoms. The summed E-state index contributed by atoms with van der Waals surface area (Å²) in [5.41, 5.74) is 11.6. The van der Waals surface area contributed by atoms with E-state index >= 15 is 0 Å². The lowest BCUT2D eigenvalue weighted by Crippen LogP contribution is -2.33. The first-order valence-corrected chi connectivity index (χ1v) is 5.03. The molecule has 0 heterocycles. The molecule has 0 radical (unpaired) electrons. The lowest BCUT2D eigenvalue weighted by molar-refractivity contribution is -0.138. The number of rotatable bonds is 5. The Bertz CT molecular complexity index is 412. The molecule has 5 nitrogen and oxygen atoms in total. The van der Waals surface area contributed by atoms with Crippen LogP contribution < -0.4 is 16.2 Å². The minimum atomic E-state index is -1.13. The third kappa shape index (κ3) is 3.40. The molecule has 0 aromatic heterocycles. The molecule has 0 aliphatic carbocycles. The number of carbonyl (C=O) groups is 1. The molecule has 0 aliphatic heterocycles. The SMILES string of the molecule is COc1ccc(C(N)CC(N)C(=O)O)cc1F. The fraction of sp³-hybridized carbons (Fsp3) is 0.364. The van der Waals surface area contributed by atoms with E-state index in [0.717, 1.165) is 0 Å². The maximum absolute atomic E-state index is 13.4. The summed E-state index contributed by atoms with van der Waals surface area (Å²) in [6.45, 7) is 0. The van der Waals surface area contributed by atoms with E-state index in [2.05, 4.69) is 0 Å². The summed E-state index contributed by atoms with van der Waals surface area (Å²) in [7, 11) is 1.36. The van der Waals surface area contributed by atoms with Crippen molar-refractivity contribution in [2.75, 3.05) is 7.11 Å². The number of halogens is 1. The molecule has 17 heavy (non-hydrogen) atoms. The zero-order valence-corrected chi connectivity index (χ0v) is 9.39. The van der Waals surface area contributed by atoms with Crippen LogP contribution in [0.4, 0.5) is 4.39 Å². The molecule has 1 rings (SSSR count). The van der Waals surface area contributed by atoms with Crippen molar-refractivity contribution in [2.24, 2.45) is 11.5 Å². The Morgan fingerprint density at radius 1 is 1.53 bits per heavy atom. The fourth-order valence-electron chi connectivity index (χ4n) is 1.42. The van der Waals surface area contributed by atoms with Crippen molar-refractivity contribution in [3.8, 4) is 5.75 Å². The summed E-state index contributed by atoms with van der Waals surface area (Å²) in [6, 6.07) is 2.56. The second-order valence-corrected chi connectivity index (χ2v) is 3.68. The van der Waals surface area contributed by atoms with Crippen LogP contribution in [0, 0.1) is 5.82 Å². The van der Waals surface area contributed by atoms with Crippen molar-refractivity contribution in [3.05, 3.63) is 29.6 Å². The molecule has 0 bridgehead atoms. The van der Waals surface area contributed by atoms with Crippen LogP contribution in [0.1, 0.15) is 18.0 Å². The van der Waals surface area contributed by atoms with Gasteiger partial charge >= 0.3 is 5.97 Å². The van der Waals surface area contributed by atoms with E-state index in [4.69, 9.17) is 21.3 Å². The Kier molecular flexibility index (Phi) is 4.42. The van der Waals surface area contributed by atoms with Gasteiger partial charge in [-0.15, -0.1) is 0 Å². The minimum absolute atomic E-state index is 0.0428. The number of benzene rings is 1. The standard InChI is InChI=1S/C11H15FN2O3/c1-17-10-3-2-6(4-7(10)12)8(13)5-9(14)11(15)16/h2-4,8-9H,5,13-14H2,1H3,(H,15,16). The van der Waals surface area contributed by atoms with Gasteiger partial charge < -0.3 is 21.3 Å². The van der Waals surface area contributed by atoms with Gasteiger partial charge in [-0.25, -0.2) is 4.39 Å². The first kappa shape index (κ1) is 13.4. The van der Waals surface area contributed by atoms with Gasteiger partial charge in [-0.05, 0) is 24.1 Å². The summed E-state index contributed by atoms with van der Waals surface area (Å²) in [5, 5.41) is 8.64. The highest BCUT2D eigenvalue weighted by atomic mass is 19.1. The highest BCUT2D eigenvalue weighted by Crippen LogP contribution is 2.22. The monoisotopic (exact) mass is 242 g/mol. The van der Waals surface area contributed by atoms with E-state index in [-0.39, 0.29) is 12.2 Å². The van der Waals surface area contributed by atoms with Crippen LogP contribution in [0.5, 0.6) is 5.75 Å². The molecular weight excluding hydrogens is 227 g/mol. The zero-order chi connectivity index (χ0) is 13.0. The van der Waals surface area contributed by atoms with E-state index in [1.54, 1.807) is 6.07 Å². The topological polar surface area (TPSA) is 98.6 Å². The average molecular weight is 242 g/mol. The van der Waals surface area contributed by atoms with Crippen LogP contribution >= 0.6 is 0 Å². The predicted molar refractivity (Wildman–Crippen MR) is 60.1 cm³/mol. The van der Waals surface area contributed by atoms with Crippen LogP contribution in [-0.4, -0.2) is 24.2 Å². The second kappa shape index (κ2) is 5.60. The predicted octanol–water partition coefficient (Wildman–Crippen LogP) is 0.636. The van der Waals surface area contributed by atoms with Crippen molar-refractivity contribution in [2.45, 2.75) is 18.5 Å². The van der Waals surface area contributed by atoms with E-state index in [1.807, 2.05) is 0 Å². The summed E-state index contributed by atoms with van der Waals surface area (Å²) in [6.07, 6.45) is 0.0428. The first-order valence-electron chi connectivity index (χ1n) is 5.03. The average Bonchev–Trinajstić information content (AvgIpc) is 2.28. The molecule has 5 N–H and O–H groups in total. The van der Waals surface area contributed by atoms with Crippen molar-refractivity contribution in [3.63, 3.8) is 0 Å². The Morgan fingerprint density at radius 3 is 2.65 bits per heavy atom. The van der Waals surface area contributed by atoms with Crippen LogP contribution in [0.25, 0.3) is 0 Å². The van der Waals surface area contributed by atoms with Crippen molar-refractivity contribution in [1.29, 1.82) is 0 Å². The number of carboxylic acid groups (broad SMARTS) is 1. The van der Waals surface area contributed by atoms with E-state index in [9.17, 15) is 9.18 Å². The number of ether oxygens (including phenoxy) is 1. The molecule has 1 aromatic carbocycles. The van der Waals surface area contributed by atoms with E-state index < -0.39 is 23.9 Å². The second-order valence-electron chi connectivity index (χ2n) is 3.68. The number of hydrogen-bond donors (Lipinski definition) is 3. The van der Waals surface area contributed by atoms with Gasteiger partial charge in [0, 0.05) is 6.04 Å². The molecule has 0 spiro atoms. The largest absolute Gasteiger partial charge is 0.494 e. The van der Waals surface area contributed by atoms with Crippen molar-refractivity contribution < 1.29 is 19.0 Å². The normalized spacial score (nSPS) is 14.1. The van der Waals surface area contributed by atoms with E-state index in [0.29, 0.717) is 5.56 Å². The summed E-state index contributed by atoms with van der Waals surface area (Å²) >= 11 is 0. The lowest BCUT2D eigenvalue weighted by Gasteiger charge is -2.15. The van der Waals surface area contributed by atoms with Crippen LogP contribution in [0.2, 0.25) is 0 Å². The smallest absolute Gasteiger partial charge is 0.320 e. The number of aliphatic carboxylic acids is 1. The molecule has 1 aromatic rings. The van der Waals surface area contributed by atoms with Gasteiger partial charge in [0.1, 0.15) is 6.04 Å². The Balaban J connectivity index is 2.79. The Labute approximate surface area is 98.2 Å². The Morgan fingerprint density at radius 2 is 2.18 bits per heavy atom. The highest BCUT2D eigenvalue weighted by Gasteiger charge is 2.18. The summed E-state index contributed by atoms with van der Waals surface area (Å²) in [5.74, 6) is -1.55. The third-order valence-corrected chi connectivity index (χ3v) is 2.43. The quantitative estimate of drug-likeness (QED) is 0.703. The van der Waals surface area contributed by atoms with Gasteiger partial charge in [0.25, 0.3) is 0 Å². The molecule has 0 saturated carbocycles. The molecule has 0 aliphatic rings. The third-order valence-electron chi connectivity index (χ3n) is 2.43. The van der Waals surface area contributed by atoms with Gasteiger partial charge in [0.15, 0.2) is 11.6 Å². The van der Waals surface area contributed by atoms with Crippen molar-refractivity contribution >= 4 is 5.97 Å². The van der Waals surface area contributed by atoms with Crippen LogP contribution in [0.15, 0.2) is 18.2 Å². The molecular formula is C11H15FN2O3. The zero-order valence-electron chi connectivity index (χ0n) is 9.39. The van der Waals surface area contributed by atoms with Gasteiger partial charge in [-0.2, -0.15) is 0 Å². The fourth-order valence-corrected chi connectivity index (χ4v) is 1.42. The summed E-state index contributed by atoms with van der Waals surface area (Å²) in [4.78, 5) is 10.6.